The molecule has 2 aromatic carbocycles. The number of Topliss-reactive ketones (excluding diaryl/α,β-unsaturated/α-hetero) is 1. The zero-order chi connectivity index (χ0) is 15.8. The molecule has 1 saturated heterocycles. The molecule has 0 atom stereocenters. The molecule has 0 saturated carbocycles. The number of hydrogen-bond acceptors (Lipinski definition) is 4. The van der Waals surface area contributed by atoms with Crippen LogP contribution >= 0.6 is 11.8 Å². The number of benzene rings is 2. The summed E-state index contributed by atoms with van der Waals surface area (Å²) in [5, 5.41) is 3.32. The highest BCUT2D eigenvalue weighted by atomic mass is 32.2. The maximum absolute atomic E-state index is 12.7. The van der Waals surface area contributed by atoms with Gasteiger partial charge in [-0.2, -0.15) is 0 Å². The Kier molecular flexibility index (Phi) is 3.58. The lowest BCUT2D eigenvalue weighted by Gasteiger charge is -2.23. The predicted molar refractivity (Wildman–Crippen MR) is 90.4 cm³/mol. The van der Waals surface area contributed by atoms with Crippen LogP contribution in [0.5, 0.6) is 0 Å². The van der Waals surface area contributed by atoms with Crippen molar-refractivity contribution < 1.29 is 9.59 Å². The van der Waals surface area contributed by atoms with Gasteiger partial charge in [-0.25, -0.2) is 0 Å². The summed E-state index contributed by atoms with van der Waals surface area (Å²) in [5.74, 6) is -0.808. The van der Waals surface area contributed by atoms with Crippen LogP contribution in [0.2, 0.25) is 0 Å². The van der Waals surface area contributed by atoms with E-state index in [0.29, 0.717) is 18.7 Å². The zero-order valence-electron chi connectivity index (χ0n) is 12.5. The lowest BCUT2D eigenvalue weighted by Crippen LogP contribution is -2.34. The lowest BCUT2D eigenvalue weighted by atomic mass is 10.1. The van der Waals surface area contributed by atoms with Crippen LogP contribution < -0.4 is 5.32 Å². The Bertz CT molecular complexity index is 797. The molecule has 23 heavy (non-hydrogen) atoms. The Morgan fingerprint density at radius 3 is 2.52 bits per heavy atom. The second-order valence-electron chi connectivity index (χ2n) is 5.73. The van der Waals surface area contributed by atoms with Crippen LogP contribution in [0.25, 0.3) is 0 Å². The highest BCUT2D eigenvalue weighted by molar-refractivity contribution is 7.99. The van der Waals surface area contributed by atoms with Gasteiger partial charge in [-0.3, -0.25) is 9.59 Å². The molecule has 0 aliphatic carbocycles. The van der Waals surface area contributed by atoms with E-state index in [4.69, 9.17) is 0 Å². The maximum Gasteiger partial charge on any atom is 0.295 e. The van der Waals surface area contributed by atoms with Gasteiger partial charge < -0.3 is 10.2 Å². The molecule has 1 N–H and O–H groups in total. The first-order chi connectivity index (χ1) is 11.2. The number of hydrogen-bond donors (Lipinski definition) is 1. The van der Waals surface area contributed by atoms with E-state index in [9.17, 15) is 9.59 Å². The third kappa shape index (κ3) is 2.51. The predicted octanol–water partition coefficient (Wildman–Crippen LogP) is 3.70. The van der Waals surface area contributed by atoms with E-state index in [0.717, 1.165) is 34.0 Å². The van der Waals surface area contributed by atoms with Gasteiger partial charge in [-0.1, -0.05) is 30.0 Å². The Labute approximate surface area is 138 Å². The quantitative estimate of drug-likeness (QED) is 0.577. The summed E-state index contributed by atoms with van der Waals surface area (Å²) in [5.41, 5.74) is 2.18. The number of likely N-dealkylation sites (tertiary alicyclic amines) is 1. The SMILES string of the molecule is O=C(C(=O)N1CCCC1)c1cccc2c1Nc1ccccc1S2. The molecule has 5 heteroatoms. The number of carbonyl (C=O) groups is 2. The first-order valence-corrected chi connectivity index (χ1v) is 8.56. The van der Waals surface area contributed by atoms with Gasteiger partial charge >= 0.3 is 0 Å². The number of ketones is 1. The molecular formula is C18H16N2O2S. The first-order valence-electron chi connectivity index (χ1n) is 7.74. The molecule has 4 rings (SSSR count). The van der Waals surface area contributed by atoms with E-state index in [-0.39, 0.29) is 5.91 Å². The summed E-state index contributed by atoms with van der Waals surface area (Å²) in [6.45, 7) is 1.37. The third-order valence-electron chi connectivity index (χ3n) is 4.23. The van der Waals surface area contributed by atoms with Crippen molar-refractivity contribution in [2.24, 2.45) is 0 Å². The molecule has 0 unspecified atom stereocenters. The summed E-state index contributed by atoms with van der Waals surface area (Å²) in [6.07, 6.45) is 1.96. The van der Waals surface area contributed by atoms with Gasteiger partial charge in [-0.05, 0) is 37.1 Å². The minimum Gasteiger partial charge on any atom is -0.353 e. The smallest absolute Gasteiger partial charge is 0.295 e. The standard InChI is InChI=1S/C18H16N2O2S/c21-17(18(22)20-10-3-4-11-20)12-6-5-9-15-16(12)19-13-7-1-2-8-14(13)23-15/h1-2,5-9,19H,3-4,10-11H2. The van der Waals surface area contributed by atoms with Crippen molar-refractivity contribution in [3.05, 3.63) is 48.0 Å². The van der Waals surface area contributed by atoms with Crippen molar-refractivity contribution in [2.75, 3.05) is 18.4 Å². The fourth-order valence-electron chi connectivity index (χ4n) is 3.03. The number of fused-ring (bicyclic) bond motifs is 2. The van der Waals surface area contributed by atoms with E-state index in [2.05, 4.69) is 5.32 Å². The van der Waals surface area contributed by atoms with Crippen molar-refractivity contribution in [3.8, 4) is 0 Å². The van der Waals surface area contributed by atoms with Gasteiger partial charge in [0.25, 0.3) is 11.7 Å². The van der Waals surface area contributed by atoms with E-state index >= 15 is 0 Å². The van der Waals surface area contributed by atoms with E-state index in [1.807, 2.05) is 36.4 Å². The molecular weight excluding hydrogens is 308 g/mol. The number of nitrogens with zero attached hydrogens (tertiary/aromatic N) is 1. The second-order valence-corrected chi connectivity index (χ2v) is 6.81. The average Bonchev–Trinajstić information content (AvgIpc) is 3.12. The molecule has 2 aliphatic heterocycles. The molecule has 2 aliphatic rings. The molecule has 0 aromatic heterocycles. The second kappa shape index (κ2) is 5.74. The van der Waals surface area contributed by atoms with Crippen molar-refractivity contribution in [3.63, 3.8) is 0 Å². The Morgan fingerprint density at radius 1 is 0.957 bits per heavy atom. The molecule has 1 amide bonds. The normalized spacial score (nSPS) is 15.6. The summed E-state index contributed by atoms with van der Waals surface area (Å²) < 4.78 is 0. The number of rotatable bonds is 2. The van der Waals surface area contributed by atoms with Crippen LogP contribution in [0.3, 0.4) is 0 Å². The van der Waals surface area contributed by atoms with E-state index < -0.39 is 5.78 Å². The number of nitrogens with one attached hydrogen (secondary N) is 1. The molecule has 0 spiro atoms. The van der Waals surface area contributed by atoms with E-state index in [1.54, 1.807) is 22.7 Å². The zero-order valence-corrected chi connectivity index (χ0v) is 13.4. The Balaban J connectivity index is 1.69. The van der Waals surface area contributed by atoms with Crippen molar-refractivity contribution in [1.29, 1.82) is 0 Å². The molecule has 1 fully saturated rings. The van der Waals surface area contributed by atoms with Crippen molar-refractivity contribution >= 4 is 34.8 Å². The van der Waals surface area contributed by atoms with E-state index in [1.165, 1.54) is 0 Å². The summed E-state index contributed by atoms with van der Waals surface area (Å²) in [6, 6.07) is 13.5. The third-order valence-corrected chi connectivity index (χ3v) is 5.36. The maximum atomic E-state index is 12.7. The molecule has 0 bridgehead atoms. The van der Waals surface area contributed by atoms with Gasteiger partial charge in [0, 0.05) is 22.9 Å². The Morgan fingerprint density at radius 2 is 1.70 bits per heavy atom. The monoisotopic (exact) mass is 324 g/mol. The number of carbonyl (C=O) groups excluding carboxylic acids is 2. The molecule has 2 aromatic rings. The summed E-state index contributed by atoms with van der Waals surface area (Å²) in [4.78, 5) is 28.8. The average molecular weight is 324 g/mol. The minimum absolute atomic E-state index is 0.387. The fourth-order valence-corrected chi connectivity index (χ4v) is 4.05. The van der Waals surface area contributed by atoms with Crippen LogP contribution in [0.4, 0.5) is 11.4 Å². The number of anilines is 2. The number of para-hydroxylation sites is 2. The Hall–Kier alpha value is -2.27. The number of amides is 1. The summed E-state index contributed by atoms with van der Waals surface area (Å²) >= 11 is 1.62. The largest absolute Gasteiger partial charge is 0.353 e. The molecule has 0 radical (unpaired) electrons. The lowest BCUT2D eigenvalue weighted by molar-refractivity contribution is -0.125. The molecule has 116 valence electrons. The van der Waals surface area contributed by atoms with Gasteiger partial charge in [0.1, 0.15) is 0 Å². The van der Waals surface area contributed by atoms with Gasteiger partial charge in [0.2, 0.25) is 0 Å². The first kappa shape index (κ1) is 14.3. The van der Waals surface area contributed by atoms with Crippen molar-refractivity contribution in [1.82, 2.24) is 4.90 Å². The summed E-state index contributed by atoms with van der Waals surface area (Å²) in [7, 11) is 0. The highest BCUT2D eigenvalue weighted by Gasteiger charge is 2.29. The van der Waals surface area contributed by atoms with Gasteiger partial charge in [0.05, 0.1) is 16.9 Å². The highest BCUT2D eigenvalue weighted by Crippen LogP contribution is 2.45. The van der Waals surface area contributed by atoms with Crippen LogP contribution in [-0.4, -0.2) is 29.7 Å². The molecule has 4 nitrogen and oxygen atoms in total. The van der Waals surface area contributed by atoms with Gasteiger partial charge in [-0.15, -0.1) is 0 Å². The fraction of sp³-hybridized carbons (Fsp3) is 0.222. The minimum atomic E-state index is -0.420. The topological polar surface area (TPSA) is 49.4 Å². The van der Waals surface area contributed by atoms with Gasteiger partial charge in [0.15, 0.2) is 0 Å². The van der Waals surface area contributed by atoms with Crippen molar-refractivity contribution in [2.45, 2.75) is 22.6 Å². The molecule has 2 heterocycles. The van der Waals surface area contributed by atoms with Crippen LogP contribution in [0.1, 0.15) is 23.2 Å². The van der Waals surface area contributed by atoms with Crippen LogP contribution in [0.15, 0.2) is 52.3 Å². The van der Waals surface area contributed by atoms with Crippen LogP contribution in [0, 0.1) is 0 Å². The van der Waals surface area contributed by atoms with Crippen LogP contribution in [-0.2, 0) is 4.79 Å².